The van der Waals surface area contributed by atoms with E-state index in [2.05, 4.69) is 10.3 Å². The van der Waals surface area contributed by atoms with Crippen molar-refractivity contribution < 1.29 is 27.5 Å². The molecule has 0 spiro atoms. The summed E-state index contributed by atoms with van der Waals surface area (Å²) in [6.07, 6.45) is -0.811. The van der Waals surface area contributed by atoms with E-state index in [1.165, 1.54) is 0 Å². The Morgan fingerprint density at radius 1 is 1.31 bits per heavy atom. The number of carbonyl (C=O) groups excluding carboxylic acids is 2. The summed E-state index contributed by atoms with van der Waals surface area (Å²) in [5.74, 6) is 0.161. The van der Waals surface area contributed by atoms with Gasteiger partial charge in [-0.25, -0.2) is 0 Å². The van der Waals surface area contributed by atoms with Crippen molar-refractivity contribution in [2.75, 3.05) is 31.6 Å². The predicted octanol–water partition coefficient (Wildman–Crippen LogP) is 3.11. The number of cyclic esters (lactones) is 1. The number of ether oxygens (including phenoxy) is 1. The number of hydrogen-bond donors (Lipinski definition) is 1. The summed E-state index contributed by atoms with van der Waals surface area (Å²) in [7, 11) is 0. The number of amides is 1. The van der Waals surface area contributed by atoms with Gasteiger partial charge >= 0.3 is 12.1 Å². The fraction of sp³-hybridized carbons (Fsp3) is 0.650. The fourth-order valence-electron chi connectivity index (χ4n) is 3.84. The second-order valence-electron chi connectivity index (χ2n) is 8.39. The number of aromatic nitrogens is 1. The molecule has 0 aromatic carbocycles. The molecule has 29 heavy (non-hydrogen) atoms. The van der Waals surface area contributed by atoms with Crippen LogP contribution in [-0.2, 0) is 14.3 Å². The summed E-state index contributed by atoms with van der Waals surface area (Å²) in [5.41, 5.74) is -0.172. The zero-order valence-corrected chi connectivity index (χ0v) is 16.0. The number of halogens is 3. The molecule has 0 bridgehead atoms. The van der Waals surface area contributed by atoms with Gasteiger partial charge in [-0.2, -0.15) is 13.2 Å². The van der Waals surface area contributed by atoms with Gasteiger partial charge in [-0.3, -0.25) is 14.6 Å². The highest BCUT2D eigenvalue weighted by molar-refractivity contribution is 5.77. The molecule has 9 heteroatoms. The van der Waals surface area contributed by atoms with Crippen LogP contribution in [0.3, 0.4) is 0 Å². The Kier molecular flexibility index (Phi) is 5.16. The van der Waals surface area contributed by atoms with Crippen LogP contribution in [0.5, 0.6) is 0 Å². The quantitative estimate of drug-likeness (QED) is 0.698. The van der Waals surface area contributed by atoms with Gasteiger partial charge in [-0.1, -0.05) is 0 Å². The Morgan fingerprint density at radius 3 is 2.62 bits per heavy atom. The summed E-state index contributed by atoms with van der Waals surface area (Å²) in [6, 6.07) is 3.56. The van der Waals surface area contributed by atoms with Crippen LogP contribution in [0.15, 0.2) is 18.3 Å². The molecule has 4 rings (SSSR count). The first kappa shape index (κ1) is 20.0. The van der Waals surface area contributed by atoms with Gasteiger partial charge in [0.1, 0.15) is 0 Å². The maximum absolute atomic E-state index is 13.0. The molecule has 3 fully saturated rings. The second kappa shape index (κ2) is 7.50. The molecule has 2 saturated heterocycles. The normalized spacial score (nSPS) is 23.5. The number of esters is 1. The maximum atomic E-state index is 13.0. The van der Waals surface area contributed by atoms with E-state index >= 15 is 0 Å². The average molecular weight is 411 g/mol. The number of anilines is 1. The van der Waals surface area contributed by atoms with Crippen molar-refractivity contribution >= 4 is 17.6 Å². The van der Waals surface area contributed by atoms with E-state index < -0.39 is 11.6 Å². The zero-order chi connectivity index (χ0) is 20.6. The zero-order valence-electron chi connectivity index (χ0n) is 16.0. The first-order valence-corrected chi connectivity index (χ1v) is 9.96. The number of likely N-dealkylation sites (tertiary alicyclic amines) is 1. The van der Waals surface area contributed by atoms with Gasteiger partial charge < -0.3 is 15.0 Å². The van der Waals surface area contributed by atoms with E-state index in [0.717, 1.165) is 5.69 Å². The molecule has 2 aliphatic heterocycles. The molecule has 1 saturated carbocycles. The lowest BCUT2D eigenvalue weighted by Crippen LogP contribution is -2.48. The van der Waals surface area contributed by atoms with Crippen LogP contribution in [0.25, 0.3) is 0 Å². The Balaban J connectivity index is 1.20. The molecule has 1 aromatic rings. The molecular weight excluding hydrogens is 387 g/mol. The van der Waals surface area contributed by atoms with Crippen molar-refractivity contribution in [2.24, 2.45) is 11.3 Å². The largest absolute Gasteiger partial charge is 0.465 e. The van der Waals surface area contributed by atoms with Gasteiger partial charge in [-0.15, -0.1) is 0 Å². The van der Waals surface area contributed by atoms with Crippen LogP contribution >= 0.6 is 0 Å². The molecule has 1 aromatic heterocycles. The summed E-state index contributed by atoms with van der Waals surface area (Å²) in [6.45, 7) is 1.47. The average Bonchev–Trinajstić information content (AvgIpc) is 3.33. The van der Waals surface area contributed by atoms with Crippen molar-refractivity contribution in [2.45, 2.75) is 44.2 Å². The molecule has 1 amide bonds. The standard InChI is InChI=1S/C20H24F3N3O3/c21-20(22,23)19(5-6-19)12-25-15-2-3-16(24-8-15)14-9-26(10-14)17(27)4-1-13-7-18(28)29-11-13/h2-3,8,13-14,25H,1,4-7,9-12H2/t13-/m0/s1. The Labute approximate surface area is 166 Å². The van der Waals surface area contributed by atoms with Gasteiger partial charge in [0.2, 0.25) is 5.91 Å². The molecule has 158 valence electrons. The summed E-state index contributed by atoms with van der Waals surface area (Å²) >= 11 is 0. The fourth-order valence-corrected chi connectivity index (χ4v) is 3.84. The number of hydrogen-bond acceptors (Lipinski definition) is 5. The highest BCUT2D eigenvalue weighted by Gasteiger charge is 2.62. The van der Waals surface area contributed by atoms with Gasteiger partial charge in [-0.05, 0) is 31.4 Å². The van der Waals surface area contributed by atoms with Crippen LogP contribution in [0.1, 0.15) is 43.7 Å². The second-order valence-corrected chi connectivity index (χ2v) is 8.39. The number of nitrogens with zero attached hydrogens (tertiary/aromatic N) is 2. The lowest BCUT2D eigenvalue weighted by molar-refractivity contribution is -0.182. The minimum atomic E-state index is -4.17. The van der Waals surface area contributed by atoms with Gasteiger partial charge in [0, 0.05) is 43.6 Å². The van der Waals surface area contributed by atoms with Gasteiger partial charge in [0.25, 0.3) is 0 Å². The number of alkyl halides is 3. The molecule has 1 aliphatic carbocycles. The van der Waals surface area contributed by atoms with Crippen LogP contribution in [0.4, 0.5) is 18.9 Å². The van der Waals surface area contributed by atoms with Crippen molar-refractivity contribution in [3.63, 3.8) is 0 Å². The molecule has 3 aliphatic rings. The summed E-state index contributed by atoms with van der Waals surface area (Å²) in [5, 5.41) is 2.85. The van der Waals surface area contributed by atoms with E-state index in [1.807, 2.05) is 6.07 Å². The van der Waals surface area contributed by atoms with Crippen LogP contribution in [0.2, 0.25) is 0 Å². The molecule has 0 radical (unpaired) electrons. The van der Waals surface area contributed by atoms with Crippen molar-refractivity contribution in [1.29, 1.82) is 0 Å². The van der Waals surface area contributed by atoms with Crippen LogP contribution < -0.4 is 5.32 Å². The van der Waals surface area contributed by atoms with E-state index in [0.29, 0.717) is 44.6 Å². The highest BCUT2D eigenvalue weighted by Crippen LogP contribution is 2.57. The Hall–Kier alpha value is -2.32. The first-order chi connectivity index (χ1) is 13.8. The molecule has 6 nitrogen and oxygen atoms in total. The van der Waals surface area contributed by atoms with E-state index in [4.69, 9.17) is 4.74 Å². The highest BCUT2D eigenvalue weighted by atomic mass is 19.4. The Bertz CT molecular complexity index is 771. The lowest BCUT2D eigenvalue weighted by atomic mass is 9.94. The maximum Gasteiger partial charge on any atom is 0.396 e. The van der Waals surface area contributed by atoms with Crippen molar-refractivity contribution in [1.82, 2.24) is 9.88 Å². The molecular formula is C20H24F3N3O3. The smallest absolute Gasteiger partial charge is 0.396 e. The van der Waals surface area contributed by atoms with Crippen molar-refractivity contribution in [3.05, 3.63) is 24.0 Å². The van der Waals surface area contributed by atoms with E-state index in [-0.39, 0.29) is 43.1 Å². The molecule has 3 heterocycles. The molecule has 0 unspecified atom stereocenters. The van der Waals surface area contributed by atoms with Crippen LogP contribution in [-0.4, -0.2) is 54.2 Å². The first-order valence-electron chi connectivity index (χ1n) is 9.96. The Morgan fingerprint density at radius 2 is 2.07 bits per heavy atom. The lowest BCUT2D eigenvalue weighted by Gasteiger charge is -2.39. The third-order valence-electron chi connectivity index (χ3n) is 6.23. The number of nitrogens with one attached hydrogen (secondary N) is 1. The van der Waals surface area contributed by atoms with Crippen molar-refractivity contribution in [3.8, 4) is 0 Å². The topological polar surface area (TPSA) is 71.5 Å². The predicted molar refractivity (Wildman–Crippen MR) is 98.1 cm³/mol. The van der Waals surface area contributed by atoms with Gasteiger partial charge in [0.15, 0.2) is 0 Å². The third-order valence-corrected chi connectivity index (χ3v) is 6.23. The third kappa shape index (κ3) is 4.33. The summed E-state index contributed by atoms with van der Waals surface area (Å²) in [4.78, 5) is 29.5. The monoisotopic (exact) mass is 411 g/mol. The minimum absolute atomic E-state index is 0.0702. The number of rotatable bonds is 7. The summed E-state index contributed by atoms with van der Waals surface area (Å²) < 4.78 is 43.8. The van der Waals surface area contributed by atoms with Gasteiger partial charge in [0.05, 0.1) is 30.3 Å². The molecule has 1 N–H and O–H groups in total. The number of pyridine rings is 1. The molecule has 1 atom stereocenters. The number of carbonyl (C=O) groups is 2. The SMILES string of the molecule is O=C1C[C@H](CCC(=O)N2CC(c3ccc(NCC4(C(F)(F)F)CC4)cn3)C2)CO1. The minimum Gasteiger partial charge on any atom is -0.465 e. The van der Waals surface area contributed by atoms with Crippen LogP contribution in [0, 0.1) is 11.3 Å². The van der Waals surface area contributed by atoms with E-state index in [9.17, 15) is 22.8 Å². The van der Waals surface area contributed by atoms with E-state index in [1.54, 1.807) is 17.2 Å².